The van der Waals surface area contributed by atoms with Crippen molar-refractivity contribution in [2.24, 2.45) is 35.5 Å². The van der Waals surface area contributed by atoms with Gasteiger partial charge in [-0.2, -0.15) is 0 Å². The quantitative estimate of drug-likeness (QED) is 0.607. The van der Waals surface area contributed by atoms with Crippen molar-refractivity contribution in [2.45, 2.75) is 6.42 Å². The molecule has 4 aliphatic carbocycles. The number of aliphatic carboxylic acids is 1. The monoisotopic (exact) mass is 251 g/mol. The first-order valence-electron chi connectivity index (χ1n) is 6.45. The number of nitrogens with one attached hydrogen (secondary N) is 1. The number of aliphatic hydroxyl groups excluding tert-OH is 1. The molecule has 2 saturated carbocycles. The van der Waals surface area contributed by atoms with E-state index < -0.39 is 17.8 Å². The molecular formula is C13H17NO4. The summed E-state index contributed by atoms with van der Waals surface area (Å²) in [5.41, 5.74) is 0. The first-order valence-corrected chi connectivity index (χ1v) is 6.45. The highest BCUT2D eigenvalue weighted by atomic mass is 16.4. The fourth-order valence-corrected chi connectivity index (χ4v) is 3.87. The molecule has 6 atom stereocenters. The highest BCUT2D eigenvalue weighted by Gasteiger charge is 2.62. The Kier molecular flexibility index (Phi) is 2.66. The van der Waals surface area contributed by atoms with Crippen molar-refractivity contribution in [1.29, 1.82) is 0 Å². The van der Waals surface area contributed by atoms with Gasteiger partial charge in [-0.3, -0.25) is 9.59 Å². The Morgan fingerprint density at radius 3 is 2.33 bits per heavy atom. The summed E-state index contributed by atoms with van der Waals surface area (Å²) in [6.07, 6.45) is 5.07. The van der Waals surface area contributed by atoms with E-state index in [1.54, 1.807) is 0 Å². The SMILES string of the molecule is O=C(O)[C@H]1[C@@H]2C=C[C@@H]([C@@H]3C[C@H]23)[C@@H]1C(=O)NCCO. The van der Waals surface area contributed by atoms with Gasteiger partial charge >= 0.3 is 5.97 Å². The van der Waals surface area contributed by atoms with Crippen molar-refractivity contribution in [3.8, 4) is 0 Å². The maximum atomic E-state index is 12.1. The third-order valence-corrected chi connectivity index (χ3v) is 4.65. The summed E-state index contributed by atoms with van der Waals surface area (Å²) >= 11 is 0. The summed E-state index contributed by atoms with van der Waals surface area (Å²) in [6, 6.07) is 0. The van der Waals surface area contributed by atoms with E-state index in [9.17, 15) is 14.7 Å². The van der Waals surface area contributed by atoms with Gasteiger partial charge in [0, 0.05) is 6.54 Å². The number of fused-ring (bicyclic) bond motifs is 1. The molecule has 0 aromatic carbocycles. The van der Waals surface area contributed by atoms with Gasteiger partial charge in [-0.25, -0.2) is 0 Å². The number of amides is 1. The van der Waals surface area contributed by atoms with Crippen LogP contribution in [0.4, 0.5) is 0 Å². The molecule has 1 amide bonds. The number of carboxylic acid groups (broad SMARTS) is 1. The average Bonchev–Trinajstić information content (AvgIpc) is 3.16. The number of hydrogen-bond acceptors (Lipinski definition) is 3. The van der Waals surface area contributed by atoms with Crippen molar-refractivity contribution in [2.75, 3.05) is 13.2 Å². The molecule has 0 radical (unpaired) electrons. The van der Waals surface area contributed by atoms with Gasteiger partial charge in [0.15, 0.2) is 0 Å². The number of aliphatic hydroxyl groups is 1. The topological polar surface area (TPSA) is 86.6 Å². The van der Waals surface area contributed by atoms with E-state index in [1.807, 2.05) is 12.2 Å². The van der Waals surface area contributed by atoms with Crippen LogP contribution in [-0.4, -0.2) is 35.2 Å². The summed E-state index contributed by atoms with van der Waals surface area (Å²) < 4.78 is 0. The minimum Gasteiger partial charge on any atom is -0.481 e. The number of rotatable bonds is 4. The molecule has 5 heteroatoms. The molecule has 0 spiro atoms. The molecule has 4 aliphatic rings. The lowest BCUT2D eigenvalue weighted by Crippen LogP contribution is -2.50. The van der Waals surface area contributed by atoms with E-state index in [1.165, 1.54) is 0 Å². The lowest BCUT2D eigenvalue weighted by atomic mass is 9.62. The Balaban J connectivity index is 1.84. The van der Waals surface area contributed by atoms with Gasteiger partial charge in [0.05, 0.1) is 18.4 Å². The second-order valence-electron chi connectivity index (χ2n) is 5.51. The first-order chi connectivity index (χ1) is 8.65. The van der Waals surface area contributed by atoms with Crippen molar-refractivity contribution >= 4 is 11.9 Å². The molecule has 0 heterocycles. The zero-order chi connectivity index (χ0) is 12.9. The molecule has 0 unspecified atom stereocenters. The van der Waals surface area contributed by atoms with Crippen LogP contribution in [0.25, 0.3) is 0 Å². The third kappa shape index (κ3) is 1.57. The van der Waals surface area contributed by atoms with Crippen LogP contribution in [0.5, 0.6) is 0 Å². The van der Waals surface area contributed by atoms with Gasteiger partial charge in [0.2, 0.25) is 5.91 Å². The fourth-order valence-electron chi connectivity index (χ4n) is 3.87. The van der Waals surface area contributed by atoms with E-state index in [-0.39, 0.29) is 30.9 Å². The Morgan fingerprint density at radius 2 is 1.78 bits per heavy atom. The highest BCUT2D eigenvalue weighted by molar-refractivity contribution is 5.86. The van der Waals surface area contributed by atoms with E-state index in [2.05, 4.69) is 5.32 Å². The maximum Gasteiger partial charge on any atom is 0.307 e. The van der Waals surface area contributed by atoms with Crippen LogP contribution in [0.2, 0.25) is 0 Å². The second kappa shape index (κ2) is 4.09. The van der Waals surface area contributed by atoms with Crippen molar-refractivity contribution in [3.05, 3.63) is 12.2 Å². The zero-order valence-electron chi connectivity index (χ0n) is 9.95. The molecule has 0 aliphatic heterocycles. The summed E-state index contributed by atoms with van der Waals surface area (Å²) in [6.45, 7) is 0.0725. The van der Waals surface area contributed by atoms with Crippen LogP contribution in [-0.2, 0) is 9.59 Å². The minimum atomic E-state index is -0.871. The lowest BCUT2D eigenvalue weighted by molar-refractivity contribution is -0.153. The molecule has 98 valence electrons. The Hall–Kier alpha value is -1.36. The van der Waals surface area contributed by atoms with Crippen LogP contribution in [0, 0.1) is 35.5 Å². The molecule has 2 bridgehead atoms. The minimum absolute atomic E-state index is 0.0161. The van der Waals surface area contributed by atoms with Gasteiger partial charge in [0.1, 0.15) is 0 Å². The van der Waals surface area contributed by atoms with E-state index >= 15 is 0 Å². The summed E-state index contributed by atoms with van der Waals surface area (Å²) in [4.78, 5) is 23.5. The molecule has 0 aromatic heterocycles. The van der Waals surface area contributed by atoms with Crippen LogP contribution < -0.4 is 5.32 Å². The fraction of sp³-hybridized carbons (Fsp3) is 0.692. The molecular weight excluding hydrogens is 234 g/mol. The van der Waals surface area contributed by atoms with Gasteiger partial charge < -0.3 is 15.5 Å². The maximum absolute atomic E-state index is 12.1. The first kappa shape index (κ1) is 11.7. The van der Waals surface area contributed by atoms with Crippen LogP contribution >= 0.6 is 0 Å². The normalized spacial score (nSPS) is 43.4. The summed E-state index contributed by atoms with van der Waals surface area (Å²) in [5, 5.41) is 20.7. The predicted molar refractivity (Wildman–Crippen MR) is 62.4 cm³/mol. The predicted octanol–water partition coefficient (Wildman–Crippen LogP) is -0.136. The Bertz CT molecular complexity index is 419. The summed E-state index contributed by atoms with van der Waals surface area (Å²) in [5.74, 6) is -1.09. The van der Waals surface area contributed by atoms with Crippen molar-refractivity contribution in [1.82, 2.24) is 5.32 Å². The third-order valence-electron chi connectivity index (χ3n) is 4.65. The van der Waals surface area contributed by atoms with Crippen LogP contribution in [0.3, 0.4) is 0 Å². The van der Waals surface area contributed by atoms with Gasteiger partial charge in [0.25, 0.3) is 0 Å². The number of carbonyl (C=O) groups excluding carboxylic acids is 1. The standard InChI is InChI=1S/C13H17NO4/c15-4-3-14-12(16)10-6-1-2-7(9-5-8(6)9)11(10)13(17)18/h1-2,6-11,15H,3-5H2,(H,14,16)(H,17,18)/t6-,7+,8-,9+,10-,11-/m0/s1. The smallest absolute Gasteiger partial charge is 0.307 e. The molecule has 3 N–H and O–H groups in total. The highest BCUT2D eigenvalue weighted by Crippen LogP contribution is 2.63. The number of carbonyl (C=O) groups is 2. The molecule has 5 nitrogen and oxygen atoms in total. The molecule has 0 aromatic rings. The van der Waals surface area contributed by atoms with Gasteiger partial charge in [-0.05, 0) is 30.1 Å². The lowest BCUT2D eigenvalue weighted by Gasteiger charge is -2.41. The second-order valence-corrected chi connectivity index (χ2v) is 5.51. The van der Waals surface area contributed by atoms with Crippen LogP contribution in [0.15, 0.2) is 12.2 Å². The summed E-state index contributed by atoms with van der Waals surface area (Å²) in [7, 11) is 0. The van der Waals surface area contributed by atoms with Gasteiger partial charge in [-0.1, -0.05) is 12.2 Å². The van der Waals surface area contributed by atoms with E-state index in [4.69, 9.17) is 5.11 Å². The van der Waals surface area contributed by atoms with Crippen molar-refractivity contribution < 1.29 is 19.8 Å². The van der Waals surface area contributed by atoms with Gasteiger partial charge in [-0.15, -0.1) is 0 Å². The molecule has 18 heavy (non-hydrogen) atoms. The Morgan fingerprint density at radius 1 is 1.17 bits per heavy atom. The van der Waals surface area contributed by atoms with Crippen molar-refractivity contribution in [3.63, 3.8) is 0 Å². The largest absolute Gasteiger partial charge is 0.481 e. The average molecular weight is 251 g/mol. The number of allylic oxidation sites excluding steroid dienone is 2. The number of hydrogen-bond donors (Lipinski definition) is 3. The molecule has 0 saturated heterocycles. The number of carboxylic acids is 1. The Labute approximate surface area is 105 Å². The van der Waals surface area contributed by atoms with E-state index in [0.717, 1.165) is 6.42 Å². The van der Waals surface area contributed by atoms with E-state index in [0.29, 0.717) is 11.8 Å². The molecule has 2 fully saturated rings. The molecule has 4 rings (SSSR count). The zero-order valence-corrected chi connectivity index (χ0v) is 9.95. The van der Waals surface area contributed by atoms with Crippen LogP contribution in [0.1, 0.15) is 6.42 Å².